The Morgan fingerprint density at radius 1 is 1.03 bits per heavy atom. The lowest BCUT2D eigenvalue weighted by Gasteiger charge is -2.30. The predicted octanol–water partition coefficient (Wildman–Crippen LogP) is 5.95. The molecule has 5 rings (SSSR count). The summed E-state index contributed by atoms with van der Waals surface area (Å²) in [5.74, 6) is -0.0601. The molecule has 1 saturated heterocycles. The van der Waals surface area contributed by atoms with Gasteiger partial charge in [-0.1, -0.05) is 37.3 Å². The number of fused-ring (bicyclic) bond motifs is 1. The van der Waals surface area contributed by atoms with E-state index in [9.17, 15) is 13.2 Å². The zero-order valence-corrected chi connectivity index (χ0v) is 21.8. The van der Waals surface area contributed by atoms with Gasteiger partial charge in [0.1, 0.15) is 17.3 Å². The summed E-state index contributed by atoms with van der Waals surface area (Å²) in [4.78, 5) is 18.5. The average Bonchev–Trinajstić information content (AvgIpc) is 3.40. The minimum atomic E-state index is -3.98. The Hall–Kier alpha value is -3.55. The molecule has 0 amide bonds. The molecule has 3 aromatic carbocycles. The quantitative estimate of drug-likeness (QED) is 0.289. The monoisotopic (exact) mass is 515 g/mol. The zero-order chi connectivity index (χ0) is 26.0. The Labute approximate surface area is 217 Å². The third kappa shape index (κ3) is 4.89. The lowest BCUT2D eigenvalue weighted by atomic mass is 9.85. The molecule has 6 nitrogen and oxygen atoms in total. The van der Waals surface area contributed by atoms with Crippen LogP contribution in [0.4, 0.5) is 0 Å². The van der Waals surface area contributed by atoms with E-state index < -0.39 is 27.0 Å². The molecule has 7 heteroatoms. The molecule has 0 aliphatic carbocycles. The summed E-state index contributed by atoms with van der Waals surface area (Å²) in [5, 5.41) is 0.503. The molecule has 190 valence electrons. The fourth-order valence-electron chi connectivity index (χ4n) is 4.91. The van der Waals surface area contributed by atoms with Crippen molar-refractivity contribution in [2.24, 2.45) is 0 Å². The Morgan fingerprint density at radius 3 is 2.57 bits per heavy atom. The molecule has 1 fully saturated rings. The first-order valence-corrected chi connectivity index (χ1v) is 14.1. The highest BCUT2D eigenvalue weighted by Crippen LogP contribution is 2.44. The van der Waals surface area contributed by atoms with Gasteiger partial charge in [0.15, 0.2) is 21.2 Å². The summed E-state index contributed by atoms with van der Waals surface area (Å²) >= 11 is 0. The lowest BCUT2D eigenvalue weighted by Crippen LogP contribution is -2.39. The largest absolute Gasteiger partial charge is 0.457 e. The van der Waals surface area contributed by atoms with E-state index in [0.717, 1.165) is 17.7 Å². The van der Waals surface area contributed by atoms with E-state index in [2.05, 4.69) is 4.98 Å². The first-order valence-electron chi connectivity index (χ1n) is 12.4. The summed E-state index contributed by atoms with van der Waals surface area (Å²) in [5.41, 5.74) is 1.55. The van der Waals surface area contributed by atoms with Gasteiger partial charge >= 0.3 is 0 Å². The summed E-state index contributed by atoms with van der Waals surface area (Å²) in [7, 11) is -3.98. The van der Waals surface area contributed by atoms with Crippen molar-refractivity contribution in [3.05, 3.63) is 95.7 Å². The minimum absolute atomic E-state index is 0.0991. The molecule has 1 atom stereocenters. The van der Waals surface area contributed by atoms with Gasteiger partial charge in [-0.3, -0.25) is 9.78 Å². The molecule has 0 bridgehead atoms. The third-order valence-electron chi connectivity index (χ3n) is 6.82. The van der Waals surface area contributed by atoms with Crippen LogP contribution in [0.15, 0.2) is 83.8 Å². The molecule has 0 N–H and O–H groups in total. The number of pyridine rings is 1. The highest BCUT2D eigenvalue weighted by molar-refractivity contribution is 7.92. The van der Waals surface area contributed by atoms with Crippen LogP contribution in [0, 0.1) is 6.92 Å². The second-order valence-electron chi connectivity index (χ2n) is 9.34. The van der Waals surface area contributed by atoms with Crippen LogP contribution in [-0.2, 0) is 31.4 Å². The van der Waals surface area contributed by atoms with Crippen LogP contribution in [0.1, 0.15) is 36.6 Å². The molecule has 0 radical (unpaired) electrons. The van der Waals surface area contributed by atoms with Crippen LogP contribution in [0.3, 0.4) is 0 Å². The van der Waals surface area contributed by atoms with Gasteiger partial charge in [0.25, 0.3) is 0 Å². The van der Waals surface area contributed by atoms with Crippen molar-refractivity contribution in [1.82, 2.24) is 4.98 Å². The number of hydrogen-bond donors (Lipinski definition) is 0. The number of ether oxygens (including phenoxy) is 2. The average molecular weight is 516 g/mol. The fraction of sp³-hybridized carbons (Fsp3) is 0.267. The predicted molar refractivity (Wildman–Crippen MR) is 143 cm³/mol. The van der Waals surface area contributed by atoms with Crippen LogP contribution in [0.25, 0.3) is 10.9 Å². The Bertz CT molecular complexity index is 1560. The van der Waals surface area contributed by atoms with E-state index in [1.165, 1.54) is 6.07 Å². The molecule has 37 heavy (non-hydrogen) atoms. The van der Waals surface area contributed by atoms with Gasteiger partial charge in [0, 0.05) is 23.3 Å². The zero-order valence-electron chi connectivity index (χ0n) is 20.9. The number of aromatic nitrogens is 1. The van der Waals surface area contributed by atoms with E-state index in [-0.39, 0.29) is 4.90 Å². The molecule has 0 unspecified atom stereocenters. The number of carbonyl (C=O) groups is 1. The van der Waals surface area contributed by atoms with Crippen molar-refractivity contribution in [1.29, 1.82) is 0 Å². The summed E-state index contributed by atoms with van der Waals surface area (Å²) in [6.45, 7) is 4.25. The van der Waals surface area contributed by atoms with Crippen molar-refractivity contribution < 1.29 is 22.7 Å². The molecule has 1 aliphatic heterocycles. The normalized spacial score (nSPS) is 17.7. The topological polar surface area (TPSA) is 82.6 Å². The van der Waals surface area contributed by atoms with Crippen molar-refractivity contribution >= 4 is 26.5 Å². The van der Waals surface area contributed by atoms with Gasteiger partial charge in [-0.15, -0.1) is 0 Å². The number of para-hydroxylation sites is 1. The molecule has 0 saturated carbocycles. The number of aryl methyl sites for hydroxylation is 2. The molecule has 0 spiro atoms. The van der Waals surface area contributed by atoms with Crippen LogP contribution in [0.2, 0.25) is 0 Å². The smallest absolute Gasteiger partial charge is 0.186 e. The van der Waals surface area contributed by atoms with Crippen molar-refractivity contribution in [2.75, 3.05) is 12.4 Å². The van der Waals surface area contributed by atoms with E-state index in [1.807, 2.05) is 62.4 Å². The highest BCUT2D eigenvalue weighted by Gasteiger charge is 2.47. The second-order valence-corrected chi connectivity index (χ2v) is 11.3. The Balaban J connectivity index is 1.56. The van der Waals surface area contributed by atoms with Gasteiger partial charge in [-0.2, -0.15) is 0 Å². The van der Waals surface area contributed by atoms with Crippen molar-refractivity contribution in [3.8, 4) is 11.5 Å². The molecule has 1 aromatic heterocycles. The molecule has 1 aliphatic rings. The number of benzene rings is 3. The number of Topliss-reactive ketones (excluding diaryl/α,β-unsaturated/α-hetero) is 1. The van der Waals surface area contributed by atoms with E-state index in [1.54, 1.807) is 24.3 Å². The van der Waals surface area contributed by atoms with Crippen molar-refractivity contribution in [3.63, 3.8) is 0 Å². The number of carbonyl (C=O) groups excluding carboxylic acids is 1. The van der Waals surface area contributed by atoms with E-state index in [4.69, 9.17) is 9.47 Å². The maximum atomic E-state index is 14.0. The molecular weight excluding hydrogens is 486 g/mol. The first-order chi connectivity index (χ1) is 17.8. The van der Waals surface area contributed by atoms with Crippen LogP contribution >= 0.6 is 0 Å². The SMILES string of the molecule is CCc1ccc(Oc2ccccc2)c([C@]2(C(=O)CS(=O)(=O)c3cccc4nc(C)ccc34)CCCO2)c1. The standard InChI is InChI=1S/C30H29NO5S/c1-3-22-14-16-27(36-23-9-5-4-6-10-23)25(19-22)30(17-8-18-35-30)29(32)20-37(33,34)28-12-7-11-26-24(28)15-13-21(2)31-26/h4-7,9-16,19H,3,8,17-18,20H2,1-2H3/t30-/m0/s1. The number of nitrogens with zero attached hydrogens (tertiary/aromatic N) is 1. The Morgan fingerprint density at radius 2 is 1.84 bits per heavy atom. The lowest BCUT2D eigenvalue weighted by molar-refractivity contribution is -0.137. The fourth-order valence-corrected chi connectivity index (χ4v) is 6.43. The number of hydrogen-bond acceptors (Lipinski definition) is 6. The third-order valence-corrected chi connectivity index (χ3v) is 8.49. The molecular formula is C30H29NO5S. The van der Waals surface area contributed by atoms with Crippen LogP contribution < -0.4 is 4.74 Å². The molecule has 2 heterocycles. The van der Waals surface area contributed by atoms with Gasteiger partial charge in [-0.05, 0) is 80.3 Å². The van der Waals surface area contributed by atoms with Gasteiger partial charge in [-0.25, -0.2) is 8.42 Å². The highest BCUT2D eigenvalue weighted by atomic mass is 32.2. The Kier molecular flexibility index (Phi) is 6.84. The van der Waals surface area contributed by atoms with E-state index in [0.29, 0.717) is 47.4 Å². The molecule has 4 aromatic rings. The van der Waals surface area contributed by atoms with Gasteiger partial charge in [0.2, 0.25) is 0 Å². The first kappa shape index (κ1) is 25.1. The number of sulfone groups is 1. The maximum absolute atomic E-state index is 14.0. The van der Waals surface area contributed by atoms with Crippen molar-refractivity contribution in [2.45, 2.75) is 43.6 Å². The second kappa shape index (κ2) is 10.1. The minimum Gasteiger partial charge on any atom is -0.457 e. The number of ketones is 1. The van der Waals surface area contributed by atoms with Gasteiger partial charge < -0.3 is 9.47 Å². The van der Waals surface area contributed by atoms with Gasteiger partial charge in [0.05, 0.1) is 10.4 Å². The van der Waals surface area contributed by atoms with E-state index >= 15 is 0 Å². The van der Waals surface area contributed by atoms with Crippen LogP contribution in [-0.4, -0.2) is 31.5 Å². The number of rotatable bonds is 8. The summed E-state index contributed by atoms with van der Waals surface area (Å²) in [6.07, 6.45) is 1.78. The summed E-state index contributed by atoms with van der Waals surface area (Å²) < 4.78 is 39.6. The van der Waals surface area contributed by atoms with Crippen LogP contribution in [0.5, 0.6) is 11.5 Å². The summed E-state index contributed by atoms with van der Waals surface area (Å²) in [6, 6.07) is 23.5. The maximum Gasteiger partial charge on any atom is 0.186 e.